The van der Waals surface area contributed by atoms with Crippen molar-refractivity contribution in [2.45, 2.75) is 33.3 Å². The molecule has 0 radical (unpaired) electrons. The van der Waals surface area contributed by atoms with Crippen LogP contribution in [0.2, 0.25) is 0 Å². The molecule has 0 bridgehead atoms. The van der Waals surface area contributed by atoms with E-state index >= 15 is 0 Å². The number of hydrogen-bond donors (Lipinski definition) is 1. The summed E-state index contributed by atoms with van der Waals surface area (Å²) in [5.41, 5.74) is 0.400. The Morgan fingerprint density at radius 2 is 1.78 bits per heavy atom. The average molecular weight is 253 g/mol. The summed E-state index contributed by atoms with van der Waals surface area (Å²) in [6, 6.07) is 3.07. The normalized spacial score (nSPS) is 11.5. The van der Waals surface area contributed by atoms with E-state index in [4.69, 9.17) is 0 Å². The molecule has 3 nitrogen and oxygen atoms in total. The first-order chi connectivity index (χ1) is 8.11. The Morgan fingerprint density at radius 1 is 1.33 bits per heavy atom. The lowest BCUT2D eigenvalue weighted by atomic mass is 10.0. The molecule has 0 saturated heterocycles. The number of aliphatic hydroxyl groups is 1. The molecule has 1 N–H and O–H groups in total. The van der Waals surface area contributed by atoms with E-state index in [1.807, 2.05) is 0 Å². The van der Waals surface area contributed by atoms with Crippen LogP contribution in [0.25, 0.3) is 0 Å². The second kappa shape index (κ2) is 5.06. The van der Waals surface area contributed by atoms with Gasteiger partial charge in [0.25, 0.3) is 5.91 Å². The van der Waals surface area contributed by atoms with Crippen molar-refractivity contribution < 1.29 is 14.3 Å². The zero-order chi connectivity index (χ0) is 14.1. The second-order valence-electron chi connectivity index (χ2n) is 5.40. The molecule has 18 heavy (non-hydrogen) atoms. The third kappa shape index (κ3) is 3.53. The lowest BCUT2D eigenvalue weighted by Crippen LogP contribution is -2.39. The molecular formula is C14H20FNO2. The lowest BCUT2D eigenvalue weighted by Gasteiger charge is -2.25. The fourth-order valence-electron chi connectivity index (χ4n) is 1.94. The van der Waals surface area contributed by atoms with E-state index in [1.54, 1.807) is 34.7 Å². The SMILES string of the molecule is Cc1cc(C(=O)N(C)CC(C)(C)O)cc(C)c1F. The monoisotopic (exact) mass is 253 g/mol. The summed E-state index contributed by atoms with van der Waals surface area (Å²) in [6.07, 6.45) is 0. The Kier molecular flexibility index (Phi) is 4.12. The standard InChI is InChI=1S/C14H20FNO2/c1-9-6-11(7-10(2)12(9)15)13(17)16(5)8-14(3,4)18/h6-7,18H,8H2,1-5H3. The van der Waals surface area contributed by atoms with Crippen LogP contribution in [0.3, 0.4) is 0 Å². The Morgan fingerprint density at radius 3 is 2.17 bits per heavy atom. The molecule has 0 heterocycles. The molecule has 0 aromatic heterocycles. The molecule has 0 aliphatic heterocycles. The summed E-state index contributed by atoms with van der Waals surface area (Å²) in [7, 11) is 1.62. The van der Waals surface area contributed by atoms with Crippen molar-refractivity contribution >= 4 is 5.91 Å². The fourth-order valence-corrected chi connectivity index (χ4v) is 1.94. The van der Waals surface area contributed by atoms with Crippen molar-refractivity contribution in [3.8, 4) is 0 Å². The van der Waals surface area contributed by atoms with Crippen LogP contribution in [0.1, 0.15) is 35.3 Å². The molecule has 1 aromatic rings. The predicted molar refractivity (Wildman–Crippen MR) is 69.1 cm³/mol. The van der Waals surface area contributed by atoms with Gasteiger partial charge in [-0.25, -0.2) is 4.39 Å². The zero-order valence-electron chi connectivity index (χ0n) is 11.5. The summed E-state index contributed by atoms with van der Waals surface area (Å²) in [4.78, 5) is 13.6. The van der Waals surface area contributed by atoms with Crippen molar-refractivity contribution in [2.24, 2.45) is 0 Å². The number of carbonyl (C=O) groups excluding carboxylic acids is 1. The van der Waals surface area contributed by atoms with Crippen LogP contribution in [0, 0.1) is 19.7 Å². The Bertz CT molecular complexity index is 440. The van der Waals surface area contributed by atoms with Crippen molar-refractivity contribution in [2.75, 3.05) is 13.6 Å². The van der Waals surface area contributed by atoms with Gasteiger partial charge in [-0.05, 0) is 51.0 Å². The van der Waals surface area contributed by atoms with Gasteiger partial charge < -0.3 is 10.0 Å². The van der Waals surface area contributed by atoms with E-state index < -0.39 is 5.60 Å². The highest BCUT2D eigenvalue weighted by Gasteiger charge is 2.21. The first kappa shape index (κ1) is 14.6. The van der Waals surface area contributed by atoms with Gasteiger partial charge in [0.05, 0.1) is 5.60 Å². The number of carbonyl (C=O) groups is 1. The van der Waals surface area contributed by atoms with Gasteiger partial charge in [-0.2, -0.15) is 0 Å². The number of hydrogen-bond acceptors (Lipinski definition) is 2. The molecule has 4 heteroatoms. The van der Waals surface area contributed by atoms with Gasteiger partial charge in [-0.1, -0.05) is 0 Å². The molecule has 1 rings (SSSR count). The van der Waals surface area contributed by atoms with Crippen LogP contribution in [-0.2, 0) is 0 Å². The zero-order valence-corrected chi connectivity index (χ0v) is 11.5. The molecule has 0 spiro atoms. The van der Waals surface area contributed by atoms with Crippen molar-refractivity contribution in [3.63, 3.8) is 0 Å². The van der Waals surface area contributed by atoms with Crippen molar-refractivity contribution in [1.29, 1.82) is 0 Å². The minimum Gasteiger partial charge on any atom is -0.389 e. The average Bonchev–Trinajstić information content (AvgIpc) is 2.21. The van der Waals surface area contributed by atoms with Gasteiger partial charge in [0.1, 0.15) is 5.82 Å². The summed E-state index contributed by atoms with van der Waals surface area (Å²) in [5.74, 6) is -0.500. The van der Waals surface area contributed by atoms with Gasteiger partial charge in [-0.3, -0.25) is 4.79 Å². The summed E-state index contributed by atoms with van der Waals surface area (Å²) in [5, 5.41) is 9.68. The molecule has 0 atom stereocenters. The van der Waals surface area contributed by atoms with E-state index in [0.717, 1.165) is 0 Å². The van der Waals surface area contributed by atoms with Crippen LogP contribution < -0.4 is 0 Å². The van der Waals surface area contributed by atoms with Crippen LogP contribution in [0.15, 0.2) is 12.1 Å². The van der Waals surface area contributed by atoms with Crippen LogP contribution in [0.4, 0.5) is 4.39 Å². The molecule has 1 aromatic carbocycles. The van der Waals surface area contributed by atoms with Crippen LogP contribution in [0.5, 0.6) is 0 Å². The minimum absolute atomic E-state index is 0.219. The third-order valence-electron chi connectivity index (χ3n) is 2.65. The molecular weight excluding hydrogens is 233 g/mol. The van der Waals surface area contributed by atoms with Crippen LogP contribution in [-0.4, -0.2) is 35.1 Å². The maximum atomic E-state index is 13.5. The molecule has 0 saturated carbocycles. The van der Waals surface area contributed by atoms with E-state index in [-0.39, 0.29) is 18.3 Å². The lowest BCUT2D eigenvalue weighted by molar-refractivity contribution is 0.0368. The minimum atomic E-state index is -0.950. The van der Waals surface area contributed by atoms with E-state index in [0.29, 0.717) is 16.7 Å². The van der Waals surface area contributed by atoms with Gasteiger partial charge in [0.2, 0.25) is 0 Å². The molecule has 0 aliphatic carbocycles. The number of likely N-dealkylation sites (N-methyl/N-ethyl adjacent to an activating group) is 1. The fraction of sp³-hybridized carbons (Fsp3) is 0.500. The number of nitrogens with zero attached hydrogens (tertiary/aromatic N) is 1. The number of amides is 1. The molecule has 0 fully saturated rings. The quantitative estimate of drug-likeness (QED) is 0.897. The maximum absolute atomic E-state index is 13.5. The molecule has 0 unspecified atom stereocenters. The topological polar surface area (TPSA) is 40.5 Å². The van der Waals surface area contributed by atoms with Gasteiger partial charge >= 0.3 is 0 Å². The largest absolute Gasteiger partial charge is 0.389 e. The Balaban J connectivity index is 2.98. The summed E-state index contributed by atoms with van der Waals surface area (Å²) in [6.45, 7) is 6.77. The number of rotatable bonds is 3. The highest BCUT2D eigenvalue weighted by molar-refractivity contribution is 5.94. The van der Waals surface area contributed by atoms with Crippen molar-refractivity contribution in [1.82, 2.24) is 4.90 Å². The highest BCUT2D eigenvalue weighted by Crippen LogP contribution is 2.16. The molecule has 0 aliphatic rings. The van der Waals surface area contributed by atoms with Crippen molar-refractivity contribution in [3.05, 3.63) is 34.6 Å². The Hall–Kier alpha value is -1.42. The number of benzene rings is 1. The highest BCUT2D eigenvalue weighted by atomic mass is 19.1. The second-order valence-corrected chi connectivity index (χ2v) is 5.40. The summed E-state index contributed by atoms with van der Waals surface area (Å²) < 4.78 is 13.5. The first-order valence-corrected chi connectivity index (χ1v) is 5.86. The van der Waals surface area contributed by atoms with Crippen LogP contribution >= 0.6 is 0 Å². The maximum Gasteiger partial charge on any atom is 0.253 e. The smallest absolute Gasteiger partial charge is 0.253 e. The van der Waals surface area contributed by atoms with Gasteiger partial charge in [0.15, 0.2) is 0 Å². The molecule has 1 amide bonds. The molecule has 100 valence electrons. The number of halogens is 1. The third-order valence-corrected chi connectivity index (χ3v) is 2.65. The number of aryl methyl sites for hydroxylation is 2. The Labute approximate surface area is 107 Å². The van der Waals surface area contributed by atoms with E-state index in [1.165, 1.54) is 17.0 Å². The summed E-state index contributed by atoms with van der Waals surface area (Å²) >= 11 is 0. The van der Waals surface area contributed by atoms with Gasteiger partial charge in [0, 0.05) is 19.2 Å². The van der Waals surface area contributed by atoms with E-state index in [9.17, 15) is 14.3 Å². The van der Waals surface area contributed by atoms with Gasteiger partial charge in [-0.15, -0.1) is 0 Å². The predicted octanol–water partition coefficient (Wildman–Crippen LogP) is 2.29. The van der Waals surface area contributed by atoms with E-state index in [2.05, 4.69) is 0 Å². The first-order valence-electron chi connectivity index (χ1n) is 5.86.